The van der Waals surface area contributed by atoms with Crippen molar-refractivity contribution in [3.05, 3.63) is 0 Å². The lowest BCUT2D eigenvalue weighted by molar-refractivity contribution is -0.143. The summed E-state index contributed by atoms with van der Waals surface area (Å²) >= 11 is 0. The lowest BCUT2D eigenvalue weighted by Crippen LogP contribution is -2.36. The number of piperidine rings is 1. The zero-order chi connectivity index (χ0) is 14.8. The largest absolute Gasteiger partial charge is 0.466 e. The van der Waals surface area contributed by atoms with Gasteiger partial charge in [0.15, 0.2) is 0 Å². The first-order chi connectivity index (χ1) is 9.61. The summed E-state index contributed by atoms with van der Waals surface area (Å²) in [6, 6.07) is 0. The van der Waals surface area contributed by atoms with Crippen molar-refractivity contribution in [2.24, 2.45) is 5.92 Å². The molecule has 1 fully saturated rings. The van der Waals surface area contributed by atoms with Crippen LogP contribution >= 0.6 is 0 Å². The van der Waals surface area contributed by atoms with Crippen LogP contribution in [0.5, 0.6) is 0 Å². The van der Waals surface area contributed by atoms with E-state index in [4.69, 9.17) is 4.74 Å². The predicted molar refractivity (Wildman–Crippen MR) is 82.8 cm³/mol. The second-order valence-electron chi connectivity index (χ2n) is 6.12. The fraction of sp³-hybridized carbons (Fsp3) is 0.938. The Morgan fingerprint density at radius 2 is 1.95 bits per heavy atom. The third kappa shape index (κ3) is 7.85. The van der Waals surface area contributed by atoms with E-state index in [1.165, 1.54) is 38.9 Å². The van der Waals surface area contributed by atoms with Crippen LogP contribution in [-0.4, -0.2) is 62.7 Å². The van der Waals surface area contributed by atoms with E-state index < -0.39 is 0 Å². The molecule has 1 aliphatic rings. The number of carbonyl (C=O) groups excluding carboxylic acids is 1. The van der Waals surface area contributed by atoms with E-state index in [0.717, 1.165) is 25.3 Å². The number of hydrogen-bond acceptors (Lipinski definition) is 4. The molecule has 0 aromatic carbocycles. The Labute approximate surface area is 124 Å². The first-order valence-corrected chi connectivity index (χ1v) is 8.14. The summed E-state index contributed by atoms with van der Waals surface area (Å²) < 4.78 is 4.93. The molecule has 20 heavy (non-hydrogen) atoms. The minimum absolute atomic E-state index is 0.0489. The summed E-state index contributed by atoms with van der Waals surface area (Å²) in [5.41, 5.74) is 0. The van der Waals surface area contributed by atoms with Gasteiger partial charge in [-0.3, -0.25) is 4.79 Å². The zero-order valence-corrected chi connectivity index (χ0v) is 13.6. The maximum atomic E-state index is 11.2. The van der Waals surface area contributed by atoms with Gasteiger partial charge in [-0.2, -0.15) is 0 Å². The number of hydrogen-bond donors (Lipinski definition) is 0. The van der Waals surface area contributed by atoms with Crippen LogP contribution in [-0.2, 0) is 9.53 Å². The van der Waals surface area contributed by atoms with Gasteiger partial charge in [-0.1, -0.05) is 6.42 Å². The number of ether oxygens (including phenoxy) is 1. The second kappa shape index (κ2) is 10.2. The number of carbonyl (C=O) groups is 1. The fourth-order valence-corrected chi connectivity index (χ4v) is 2.84. The Kier molecular flexibility index (Phi) is 8.86. The Balaban J connectivity index is 1.97. The average Bonchev–Trinajstić information content (AvgIpc) is 2.41. The molecule has 0 bridgehead atoms. The van der Waals surface area contributed by atoms with Crippen LogP contribution in [0, 0.1) is 5.92 Å². The predicted octanol–water partition coefficient (Wildman–Crippen LogP) is 2.38. The molecule has 1 aliphatic heterocycles. The van der Waals surface area contributed by atoms with Crippen LogP contribution in [0.2, 0.25) is 0 Å². The van der Waals surface area contributed by atoms with Gasteiger partial charge in [-0.05, 0) is 72.3 Å². The maximum Gasteiger partial charge on any atom is 0.305 e. The molecule has 0 atom stereocenters. The van der Waals surface area contributed by atoms with Crippen molar-refractivity contribution < 1.29 is 9.53 Å². The van der Waals surface area contributed by atoms with E-state index in [1.807, 2.05) is 6.92 Å². The molecule has 0 amide bonds. The first kappa shape index (κ1) is 17.4. The van der Waals surface area contributed by atoms with Crippen LogP contribution in [0.25, 0.3) is 0 Å². The standard InChI is InChI=1S/C16H32N2O2/c1-4-20-16(19)8-6-5-7-11-18(3)14-15-9-12-17(2)13-10-15/h15H,4-14H2,1-3H3. The summed E-state index contributed by atoms with van der Waals surface area (Å²) in [6.45, 7) is 7.23. The smallest absolute Gasteiger partial charge is 0.305 e. The number of esters is 1. The van der Waals surface area contributed by atoms with Gasteiger partial charge >= 0.3 is 5.97 Å². The van der Waals surface area contributed by atoms with Gasteiger partial charge < -0.3 is 14.5 Å². The quantitative estimate of drug-likeness (QED) is 0.481. The van der Waals surface area contributed by atoms with Crippen molar-refractivity contribution in [2.45, 2.75) is 45.4 Å². The van der Waals surface area contributed by atoms with Gasteiger partial charge in [0.25, 0.3) is 0 Å². The highest BCUT2D eigenvalue weighted by Crippen LogP contribution is 2.17. The van der Waals surface area contributed by atoms with E-state index in [2.05, 4.69) is 23.9 Å². The van der Waals surface area contributed by atoms with Crippen molar-refractivity contribution in [3.63, 3.8) is 0 Å². The Morgan fingerprint density at radius 1 is 1.25 bits per heavy atom. The third-order valence-electron chi connectivity index (χ3n) is 4.13. The van der Waals surface area contributed by atoms with Crippen molar-refractivity contribution in [1.82, 2.24) is 9.80 Å². The molecule has 0 radical (unpaired) electrons. The monoisotopic (exact) mass is 284 g/mol. The molecule has 1 heterocycles. The molecule has 0 unspecified atom stereocenters. The number of unbranched alkanes of at least 4 members (excludes halogenated alkanes) is 2. The highest BCUT2D eigenvalue weighted by Gasteiger charge is 2.17. The summed E-state index contributed by atoms with van der Waals surface area (Å²) in [5.74, 6) is 0.822. The Hall–Kier alpha value is -0.610. The fourth-order valence-electron chi connectivity index (χ4n) is 2.84. The van der Waals surface area contributed by atoms with E-state index in [-0.39, 0.29) is 5.97 Å². The highest BCUT2D eigenvalue weighted by atomic mass is 16.5. The van der Waals surface area contributed by atoms with Crippen molar-refractivity contribution in [2.75, 3.05) is 46.9 Å². The first-order valence-electron chi connectivity index (χ1n) is 8.14. The van der Waals surface area contributed by atoms with E-state index in [9.17, 15) is 4.79 Å². The van der Waals surface area contributed by atoms with E-state index >= 15 is 0 Å². The van der Waals surface area contributed by atoms with Gasteiger partial charge in [-0.15, -0.1) is 0 Å². The second-order valence-corrected chi connectivity index (χ2v) is 6.12. The Bertz CT molecular complexity index is 263. The van der Waals surface area contributed by atoms with Crippen LogP contribution in [0.1, 0.15) is 45.4 Å². The molecule has 1 saturated heterocycles. The summed E-state index contributed by atoms with van der Waals surface area (Å²) in [7, 11) is 4.44. The molecular weight excluding hydrogens is 252 g/mol. The summed E-state index contributed by atoms with van der Waals surface area (Å²) in [6.07, 6.45) is 6.51. The van der Waals surface area contributed by atoms with Crippen molar-refractivity contribution in [3.8, 4) is 0 Å². The van der Waals surface area contributed by atoms with Crippen molar-refractivity contribution >= 4 is 5.97 Å². The van der Waals surface area contributed by atoms with Gasteiger partial charge in [0, 0.05) is 13.0 Å². The number of rotatable bonds is 9. The molecule has 0 aliphatic carbocycles. The minimum Gasteiger partial charge on any atom is -0.466 e. The van der Waals surface area contributed by atoms with E-state index in [0.29, 0.717) is 13.0 Å². The molecule has 0 aromatic rings. The normalized spacial score (nSPS) is 17.6. The zero-order valence-electron chi connectivity index (χ0n) is 13.6. The highest BCUT2D eigenvalue weighted by molar-refractivity contribution is 5.69. The summed E-state index contributed by atoms with van der Waals surface area (Å²) in [5, 5.41) is 0. The third-order valence-corrected chi connectivity index (χ3v) is 4.13. The van der Waals surface area contributed by atoms with E-state index in [1.54, 1.807) is 0 Å². The van der Waals surface area contributed by atoms with Crippen molar-refractivity contribution in [1.29, 1.82) is 0 Å². The molecule has 0 spiro atoms. The minimum atomic E-state index is -0.0489. The van der Waals surface area contributed by atoms with Crippen LogP contribution in [0.3, 0.4) is 0 Å². The summed E-state index contributed by atoms with van der Waals surface area (Å²) in [4.78, 5) is 16.1. The lowest BCUT2D eigenvalue weighted by Gasteiger charge is -2.31. The average molecular weight is 284 g/mol. The maximum absolute atomic E-state index is 11.2. The van der Waals surface area contributed by atoms with Gasteiger partial charge in [0.1, 0.15) is 0 Å². The molecule has 1 rings (SSSR count). The molecule has 4 heteroatoms. The van der Waals surface area contributed by atoms with Gasteiger partial charge in [0.05, 0.1) is 6.61 Å². The molecule has 0 aromatic heterocycles. The topological polar surface area (TPSA) is 32.8 Å². The SMILES string of the molecule is CCOC(=O)CCCCCN(C)CC1CCN(C)CC1. The van der Waals surface area contributed by atoms with Crippen LogP contribution in [0.4, 0.5) is 0 Å². The molecule has 4 nitrogen and oxygen atoms in total. The van der Waals surface area contributed by atoms with Gasteiger partial charge in [0.2, 0.25) is 0 Å². The Morgan fingerprint density at radius 3 is 2.60 bits per heavy atom. The van der Waals surface area contributed by atoms with Gasteiger partial charge in [-0.25, -0.2) is 0 Å². The number of likely N-dealkylation sites (tertiary alicyclic amines) is 1. The van der Waals surface area contributed by atoms with Crippen LogP contribution < -0.4 is 0 Å². The molecule has 118 valence electrons. The molecule has 0 N–H and O–H groups in total. The molecular formula is C16H32N2O2. The molecule has 0 saturated carbocycles. The lowest BCUT2D eigenvalue weighted by atomic mass is 9.96. The van der Waals surface area contributed by atoms with Crippen LogP contribution in [0.15, 0.2) is 0 Å². The number of nitrogens with zero attached hydrogens (tertiary/aromatic N) is 2.